The SMILES string of the molecule is CCN1CCCCC1CNC(=NC)N1CCCC2(CNC(=O)C2)C1.I. The second-order valence-corrected chi connectivity index (χ2v) is 7.68. The first kappa shape index (κ1) is 20.7. The molecule has 3 aliphatic heterocycles. The Balaban J connectivity index is 0.00000225. The van der Waals surface area contributed by atoms with E-state index in [-0.39, 0.29) is 35.3 Å². The monoisotopic (exact) mass is 463 g/mol. The van der Waals surface area contributed by atoms with Gasteiger partial charge in [0.05, 0.1) is 0 Å². The third kappa shape index (κ3) is 4.99. The Morgan fingerprint density at radius 2 is 2.20 bits per heavy atom. The number of likely N-dealkylation sites (N-methyl/N-ethyl adjacent to an activating group) is 1. The average Bonchev–Trinajstić information content (AvgIpc) is 2.96. The van der Waals surface area contributed by atoms with Gasteiger partial charge in [0.15, 0.2) is 5.96 Å². The maximum Gasteiger partial charge on any atom is 0.220 e. The first-order chi connectivity index (χ1) is 11.7. The van der Waals surface area contributed by atoms with Gasteiger partial charge in [0.2, 0.25) is 5.91 Å². The molecule has 2 N–H and O–H groups in total. The summed E-state index contributed by atoms with van der Waals surface area (Å²) in [5.41, 5.74) is 0.118. The Bertz CT molecular complexity index is 486. The Morgan fingerprint density at radius 1 is 1.36 bits per heavy atom. The summed E-state index contributed by atoms with van der Waals surface area (Å²) in [6, 6.07) is 0.619. The number of carbonyl (C=O) groups is 1. The van der Waals surface area contributed by atoms with Crippen molar-refractivity contribution < 1.29 is 4.79 Å². The number of halogens is 1. The molecule has 3 fully saturated rings. The van der Waals surface area contributed by atoms with E-state index >= 15 is 0 Å². The lowest BCUT2D eigenvalue weighted by molar-refractivity contribution is -0.119. The van der Waals surface area contributed by atoms with Crippen LogP contribution in [0.25, 0.3) is 0 Å². The highest BCUT2D eigenvalue weighted by atomic mass is 127. The third-order valence-electron chi connectivity index (χ3n) is 6.02. The fourth-order valence-corrected chi connectivity index (χ4v) is 4.68. The zero-order valence-corrected chi connectivity index (χ0v) is 18.1. The maximum absolute atomic E-state index is 11.7. The summed E-state index contributed by atoms with van der Waals surface area (Å²) >= 11 is 0. The zero-order chi connectivity index (χ0) is 17.0. The second-order valence-electron chi connectivity index (χ2n) is 7.68. The van der Waals surface area contributed by atoms with Crippen LogP contribution in [0, 0.1) is 5.41 Å². The number of nitrogens with one attached hydrogen (secondary N) is 2. The Hall–Kier alpha value is -0.570. The summed E-state index contributed by atoms with van der Waals surface area (Å²) in [6.45, 7) is 8.39. The van der Waals surface area contributed by atoms with Crippen molar-refractivity contribution in [2.45, 2.75) is 51.5 Å². The van der Waals surface area contributed by atoms with Crippen LogP contribution in [0.5, 0.6) is 0 Å². The summed E-state index contributed by atoms with van der Waals surface area (Å²) < 4.78 is 0. The second kappa shape index (κ2) is 9.39. The molecule has 2 atom stereocenters. The summed E-state index contributed by atoms with van der Waals surface area (Å²) in [7, 11) is 1.88. The van der Waals surface area contributed by atoms with Gasteiger partial charge in [-0.2, -0.15) is 0 Å². The van der Waals surface area contributed by atoms with E-state index < -0.39 is 0 Å². The molecule has 0 bridgehead atoms. The Morgan fingerprint density at radius 3 is 2.88 bits per heavy atom. The van der Waals surface area contributed by atoms with Crippen LogP contribution in [0.2, 0.25) is 0 Å². The van der Waals surface area contributed by atoms with E-state index in [0.717, 1.165) is 51.5 Å². The van der Waals surface area contributed by atoms with E-state index in [2.05, 4.69) is 32.3 Å². The zero-order valence-electron chi connectivity index (χ0n) is 15.7. The minimum atomic E-state index is 0. The smallest absolute Gasteiger partial charge is 0.220 e. The predicted octanol–water partition coefficient (Wildman–Crippen LogP) is 1.66. The molecule has 3 aliphatic rings. The summed E-state index contributed by atoms with van der Waals surface area (Å²) in [4.78, 5) is 21.2. The molecule has 6 nitrogen and oxygen atoms in total. The number of nitrogens with zero attached hydrogens (tertiary/aromatic N) is 3. The largest absolute Gasteiger partial charge is 0.355 e. The molecule has 7 heteroatoms. The summed E-state index contributed by atoms with van der Waals surface area (Å²) in [5.74, 6) is 1.22. The number of piperidine rings is 2. The number of guanidine groups is 1. The molecule has 144 valence electrons. The Kier molecular flexibility index (Phi) is 7.79. The van der Waals surface area contributed by atoms with Gasteiger partial charge in [-0.25, -0.2) is 0 Å². The molecule has 1 amide bonds. The van der Waals surface area contributed by atoms with Gasteiger partial charge in [-0.05, 0) is 38.8 Å². The average molecular weight is 463 g/mol. The standard InChI is InChI=1S/C18H33N5O.HI/c1-3-22-9-5-4-7-15(22)12-20-17(19-2)23-10-6-8-18(14-23)11-16(24)21-13-18;/h15H,3-14H2,1-2H3,(H,19,20)(H,21,24);1H. The number of rotatable bonds is 3. The molecule has 0 aromatic heterocycles. The van der Waals surface area contributed by atoms with Gasteiger partial charge in [-0.3, -0.25) is 14.7 Å². The number of likely N-dealkylation sites (tertiary alicyclic amines) is 2. The molecule has 1 spiro atoms. The van der Waals surface area contributed by atoms with Crippen LogP contribution in [0.1, 0.15) is 45.4 Å². The van der Waals surface area contributed by atoms with Crippen LogP contribution in [0.3, 0.4) is 0 Å². The molecule has 3 heterocycles. The van der Waals surface area contributed by atoms with Crippen molar-refractivity contribution in [3.8, 4) is 0 Å². The van der Waals surface area contributed by atoms with Gasteiger partial charge in [0, 0.05) is 51.1 Å². The van der Waals surface area contributed by atoms with Gasteiger partial charge in [0.25, 0.3) is 0 Å². The van der Waals surface area contributed by atoms with Crippen LogP contribution in [0.4, 0.5) is 0 Å². The Labute approximate surface area is 169 Å². The lowest BCUT2D eigenvalue weighted by Gasteiger charge is -2.41. The molecule has 0 aliphatic carbocycles. The lowest BCUT2D eigenvalue weighted by Crippen LogP contribution is -2.54. The van der Waals surface area contributed by atoms with E-state index in [1.54, 1.807) is 0 Å². The number of hydrogen-bond acceptors (Lipinski definition) is 3. The van der Waals surface area contributed by atoms with Crippen molar-refractivity contribution >= 4 is 35.8 Å². The summed E-state index contributed by atoms with van der Waals surface area (Å²) in [5, 5.41) is 6.64. The first-order valence-corrected chi connectivity index (χ1v) is 9.62. The first-order valence-electron chi connectivity index (χ1n) is 9.62. The highest BCUT2D eigenvalue weighted by Gasteiger charge is 2.42. The minimum Gasteiger partial charge on any atom is -0.355 e. The maximum atomic E-state index is 11.7. The molecule has 0 radical (unpaired) electrons. The minimum absolute atomic E-state index is 0. The molecule has 2 unspecified atom stereocenters. The summed E-state index contributed by atoms with van der Waals surface area (Å²) in [6.07, 6.45) is 6.90. The van der Waals surface area contributed by atoms with E-state index in [4.69, 9.17) is 0 Å². The quantitative estimate of drug-likeness (QED) is 0.380. The van der Waals surface area contributed by atoms with Crippen LogP contribution < -0.4 is 10.6 Å². The fourth-order valence-electron chi connectivity index (χ4n) is 4.68. The molecule has 0 aromatic rings. The van der Waals surface area contributed by atoms with Gasteiger partial charge in [-0.15, -0.1) is 24.0 Å². The molecule has 0 saturated carbocycles. The molecule has 3 rings (SSSR count). The van der Waals surface area contributed by atoms with Crippen molar-refractivity contribution in [2.24, 2.45) is 10.4 Å². The van der Waals surface area contributed by atoms with Gasteiger partial charge in [0.1, 0.15) is 0 Å². The van der Waals surface area contributed by atoms with E-state index in [1.807, 2.05) is 7.05 Å². The van der Waals surface area contributed by atoms with Crippen molar-refractivity contribution in [1.29, 1.82) is 0 Å². The predicted molar refractivity (Wildman–Crippen MR) is 113 cm³/mol. The fraction of sp³-hybridized carbons (Fsp3) is 0.889. The number of amides is 1. The van der Waals surface area contributed by atoms with Crippen LogP contribution in [-0.2, 0) is 4.79 Å². The number of carbonyl (C=O) groups excluding carboxylic acids is 1. The van der Waals surface area contributed by atoms with Crippen molar-refractivity contribution in [2.75, 3.05) is 46.3 Å². The van der Waals surface area contributed by atoms with E-state index in [1.165, 1.54) is 25.8 Å². The lowest BCUT2D eigenvalue weighted by atomic mass is 9.79. The highest BCUT2D eigenvalue weighted by Crippen LogP contribution is 2.36. The van der Waals surface area contributed by atoms with E-state index in [9.17, 15) is 4.79 Å². The highest BCUT2D eigenvalue weighted by molar-refractivity contribution is 14.0. The van der Waals surface area contributed by atoms with Crippen LogP contribution in [0.15, 0.2) is 4.99 Å². The molecule has 25 heavy (non-hydrogen) atoms. The number of hydrogen-bond donors (Lipinski definition) is 2. The van der Waals surface area contributed by atoms with Gasteiger partial charge in [-0.1, -0.05) is 13.3 Å². The normalized spacial score (nSPS) is 31.0. The molecule has 3 saturated heterocycles. The van der Waals surface area contributed by atoms with Crippen molar-refractivity contribution in [3.05, 3.63) is 0 Å². The van der Waals surface area contributed by atoms with Crippen LogP contribution >= 0.6 is 24.0 Å². The molecule has 0 aromatic carbocycles. The topological polar surface area (TPSA) is 60.0 Å². The number of aliphatic imine (C=N–C) groups is 1. The molecular formula is C18H34IN5O. The van der Waals surface area contributed by atoms with Crippen molar-refractivity contribution in [1.82, 2.24) is 20.4 Å². The van der Waals surface area contributed by atoms with Gasteiger partial charge >= 0.3 is 0 Å². The van der Waals surface area contributed by atoms with Crippen molar-refractivity contribution in [3.63, 3.8) is 0 Å². The van der Waals surface area contributed by atoms with Crippen LogP contribution in [-0.4, -0.2) is 74.0 Å². The third-order valence-corrected chi connectivity index (χ3v) is 6.02. The molecular weight excluding hydrogens is 429 g/mol. The van der Waals surface area contributed by atoms with E-state index in [0.29, 0.717) is 12.5 Å². The van der Waals surface area contributed by atoms with Gasteiger partial charge < -0.3 is 15.5 Å².